The Morgan fingerprint density at radius 3 is 2.59 bits per heavy atom. The van der Waals surface area contributed by atoms with Gasteiger partial charge >= 0.3 is 0 Å². The molecule has 0 amide bonds. The number of nitrogens with zero attached hydrogens (tertiary/aromatic N) is 5. The Kier molecular flexibility index (Phi) is 4.47. The van der Waals surface area contributed by atoms with E-state index in [9.17, 15) is 0 Å². The molecule has 1 aliphatic rings. The molecule has 1 fully saturated rings. The zero-order valence-corrected chi connectivity index (χ0v) is 10.5. The van der Waals surface area contributed by atoms with Gasteiger partial charge in [0.2, 0.25) is 0 Å². The normalized spacial score (nSPS) is 18.7. The van der Waals surface area contributed by atoms with Crippen LogP contribution >= 0.6 is 0 Å². The average Bonchev–Trinajstić information content (AvgIpc) is 2.78. The lowest BCUT2D eigenvalue weighted by Gasteiger charge is -2.33. The number of likely N-dealkylation sites (N-methyl/N-ethyl adjacent to an activating group) is 1. The lowest BCUT2D eigenvalue weighted by atomic mass is 10.3. The number of piperazine rings is 1. The van der Waals surface area contributed by atoms with Crippen LogP contribution in [-0.2, 0) is 13.1 Å². The summed E-state index contributed by atoms with van der Waals surface area (Å²) < 4.78 is 1.82. The van der Waals surface area contributed by atoms with Crippen molar-refractivity contribution in [2.45, 2.75) is 20.0 Å². The van der Waals surface area contributed by atoms with E-state index in [0.29, 0.717) is 6.54 Å². The van der Waals surface area contributed by atoms with Crippen molar-refractivity contribution < 1.29 is 0 Å². The van der Waals surface area contributed by atoms with Gasteiger partial charge in [-0.1, -0.05) is 12.1 Å². The van der Waals surface area contributed by atoms with Crippen LogP contribution in [0, 0.1) is 0 Å². The highest BCUT2D eigenvalue weighted by molar-refractivity contribution is 4.93. The number of hydrogen-bond acceptors (Lipinski definition) is 5. The van der Waals surface area contributed by atoms with E-state index in [0.717, 1.165) is 51.5 Å². The zero-order chi connectivity index (χ0) is 12.1. The lowest BCUT2D eigenvalue weighted by molar-refractivity contribution is 0.131. The summed E-state index contributed by atoms with van der Waals surface area (Å²) in [6.07, 6.45) is 2.00. The van der Waals surface area contributed by atoms with Gasteiger partial charge < -0.3 is 10.6 Å². The van der Waals surface area contributed by atoms with Crippen molar-refractivity contribution in [3.05, 3.63) is 11.9 Å². The second-order valence-electron chi connectivity index (χ2n) is 4.47. The van der Waals surface area contributed by atoms with E-state index in [-0.39, 0.29) is 0 Å². The molecule has 1 saturated heterocycles. The Labute approximate surface area is 102 Å². The maximum atomic E-state index is 5.48. The van der Waals surface area contributed by atoms with Gasteiger partial charge in [0.15, 0.2) is 0 Å². The molecule has 0 atom stereocenters. The first-order valence-electron chi connectivity index (χ1n) is 6.35. The molecular weight excluding hydrogens is 216 g/mol. The molecule has 17 heavy (non-hydrogen) atoms. The fourth-order valence-electron chi connectivity index (χ4n) is 2.15. The third kappa shape index (κ3) is 3.49. The van der Waals surface area contributed by atoms with Crippen LogP contribution in [0.4, 0.5) is 0 Å². The van der Waals surface area contributed by atoms with E-state index < -0.39 is 0 Å². The third-order valence-electron chi connectivity index (χ3n) is 3.24. The van der Waals surface area contributed by atoms with E-state index in [4.69, 9.17) is 5.73 Å². The molecule has 1 aromatic rings. The molecule has 96 valence electrons. The molecule has 1 aromatic heterocycles. The molecule has 6 heteroatoms. The van der Waals surface area contributed by atoms with Crippen molar-refractivity contribution in [3.63, 3.8) is 0 Å². The first kappa shape index (κ1) is 12.5. The molecule has 0 bridgehead atoms. The minimum Gasteiger partial charge on any atom is -0.329 e. The minimum atomic E-state index is 0.609. The predicted molar refractivity (Wildman–Crippen MR) is 66.5 cm³/mol. The number of nitrogens with two attached hydrogens (primary N) is 1. The van der Waals surface area contributed by atoms with Crippen molar-refractivity contribution >= 4 is 0 Å². The van der Waals surface area contributed by atoms with E-state index in [1.165, 1.54) is 0 Å². The summed E-state index contributed by atoms with van der Waals surface area (Å²) >= 11 is 0. The van der Waals surface area contributed by atoms with Crippen molar-refractivity contribution in [2.75, 3.05) is 39.3 Å². The molecule has 1 aliphatic heterocycles. The summed E-state index contributed by atoms with van der Waals surface area (Å²) in [4.78, 5) is 4.91. The fourth-order valence-corrected chi connectivity index (χ4v) is 2.15. The van der Waals surface area contributed by atoms with E-state index in [1.807, 2.05) is 10.9 Å². The molecule has 0 aliphatic carbocycles. The predicted octanol–water partition coefficient (Wildman–Crippen LogP) is -0.626. The summed E-state index contributed by atoms with van der Waals surface area (Å²) in [5.74, 6) is 0. The Hall–Kier alpha value is -0.980. The smallest absolute Gasteiger partial charge is 0.0967 e. The Balaban J connectivity index is 1.80. The van der Waals surface area contributed by atoms with Crippen LogP contribution in [-0.4, -0.2) is 64.1 Å². The molecule has 2 rings (SSSR count). The van der Waals surface area contributed by atoms with Gasteiger partial charge in [0.25, 0.3) is 0 Å². The van der Waals surface area contributed by atoms with Gasteiger partial charge in [0.05, 0.1) is 12.2 Å². The second-order valence-corrected chi connectivity index (χ2v) is 4.47. The van der Waals surface area contributed by atoms with Crippen LogP contribution in [0.15, 0.2) is 6.20 Å². The Morgan fingerprint density at radius 1 is 1.24 bits per heavy atom. The highest BCUT2D eigenvalue weighted by Crippen LogP contribution is 2.05. The van der Waals surface area contributed by atoms with Crippen LogP contribution in [0.1, 0.15) is 12.6 Å². The monoisotopic (exact) mass is 238 g/mol. The summed E-state index contributed by atoms with van der Waals surface area (Å²) in [5, 5.41) is 8.22. The van der Waals surface area contributed by atoms with E-state index in [1.54, 1.807) is 0 Å². The van der Waals surface area contributed by atoms with Gasteiger partial charge in [0, 0.05) is 45.5 Å². The van der Waals surface area contributed by atoms with E-state index >= 15 is 0 Å². The topological polar surface area (TPSA) is 63.2 Å². The number of rotatable bonds is 5. The maximum absolute atomic E-state index is 5.48. The van der Waals surface area contributed by atoms with Crippen molar-refractivity contribution in [1.29, 1.82) is 0 Å². The molecule has 0 radical (unpaired) electrons. The van der Waals surface area contributed by atoms with Crippen molar-refractivity contribution in [1.82, 2.24) is 24.8 Å². The fraction of sp³-hybridized carbons (Fsp3) is 0.818. The van der Waals surface area contributed by atoms with Gasteiger partial charge in [0.1, 0.15) is 0 Å². The van der Waals surface area contributed by atoms with Gasteiger partial charge in [-0.15, -0.1) is 5.10 Å². The Bertz CT molecular complexity index is 328. The quantitative estimate of drug-likeness (QED) is 0.740. The maximum Gasteiger partial charge on any atom is 0.0967 e. The molecular formula is C11H22N6. The molecule has 0 spiro atoms. The summed E-state index contributed by atoms with van der Waals surface area (Å²) in [6.45, 7) is 10.2. The average molecular weight is 238 g/mol. The highest BCUT2D eigenvalue weighted by Gasteiger charge is 2.16. The van der Waals surface area contributed by atoms with Crippen LogP contribution in [0.25, 0.3) is 0 Å². The molecule has 0 aromatic carbocycles. The largest absolute Gasteiger partial charge is 0.329 e. The zero-order valence-electron chi connectivity index (χ0n) is 10.5. The minimum absolute atomic E-state index is 0.609. The number of hydrogen-bond donors (Lipinski definition) is 1. The number of aromatic nitrogens is 3. The first-order chi connectivity index (χ1) is 8.31. The second kappa shape index (κ2) is 6.09. The summed E-state index contributed by atoms with van der Waals surface area (Å²) in [5.41, 5.74) is 6.52. The molecule has 6 nitrogen and oxygen atoms in total. The van der Waals surface area contributed by atoms with Gasteiger partial charge in [-0.05, 0) is 6.54 Å². The van der Waals surface area contributed by atoms with Gasteiger partial charge in [-0.2, -0.15) is 0 Å². The summed E-state index contributed by atoms with van der Waals surface area (Å²) in [6, 6.07) is 0. The summed E-state index contributed by atoms with van der Waals surface area (Å²) in [7, 11) is 0. The highest BCUT2D eigenvalue weighted by atomic mass is 15.4. The van der Waals surface area contributed by atoms with Gasteiger partial charge in [-0.3, -0.25) is 9.58 Å². The standard InChI is InChI=1S/C11H22N6/c1-2-15-5-7-16(8-6-15)9-11-10-17(4-3-12)14-13-11/h10H,2-9,12H2,1H3. The van der Waals surface area contributed by atoms with Crippen molar-refractivity contribution in [3.8, 4) is 0 Å². The van der Waals surface area contributed by atoms with E-state index in [2.05, 4.69) is 27.0 Å². The molecule has 0 unspecified atom stereocenters. The molecule has 2 N–H and O–H groups in total. The SMILES string of the molecule is CCN1CCN(Cc2cn(CCN)nn2)CC1. The van der Waals surface area contributed by atoms with Crippen LogP contribution in [0.3, 0.4) is 0 Å². The lowest BCUT2D eigenvalue weighted by Crippen LogP contribution is -2.45. The Morgan fingerprint density at radius 2 is 1.94 bits per heavy atom. The van der Waals surface area contributed by atoms with Crippen LogP contribution in [0.5, 0.6) is 0 Å². The third-order valence-corrected chi connectivity index (χ3v) is 3.24. The van der Waals surface area contributed by atoms with Crippen molar-refractivity contribution in [2.24, 2.45) is 5.73 Å². The van der Waals surface area contributed by atoms with Crippen LogP contribution < -0.4 is 5.73 Å². The molecule has 2 heterocycles. The van der Waals surface area contributed by atoms with Crippen LogP contribution in [0.2, 0.25) is 0 Å². The van der Waals surface area contributed by atoms with Gasteiger partial charge in [-0.25, -0.2) is 0 Å². The molecule has 0 saturated carbocycles. The first-order valence-corrected chi connectivity index (χ1v) is 6.35.